The Kier molecular flexibility index (Phi) is 4.69. The number of carboxylic acids is 1. The Hall–Kier alpha value is -1.79. The lowest BCUT2D eigenvalue weighted by Gasteiger charge is -2.38. The summed E-state index contributed by atoms with van der Waals surface area (Å²) in [6, 6.07) is -1.13. The highest BCUT2D eigenvalue weighted by atomic mass is 16.4. The lowest BCUT2D eigenvalue weighted by Crippen LogP contribution is -2.58. The maximum Gasteiger partial charge on any atom is 0.326 e. The van der Waals surface area contributed by atoms with Crippen LogP contribution in [0.25, 0.3) is 0 Å². The zero-order valence-corrected chi connectivity index (χ0v) is 12.5. The Balaban J connectivity index is 1.94. The van der Waals surface area contributed by atoms with Gasteiger partial charge < -0.3 is 20.2 Å². The number of fused-ring (bicyclic) bond motifs is 1. The first-order chi connectivity index (χ1) is 9.93. The fraction of sp³-hybridized carbons (Fsp3) is 0.786. The molecule has 2 saturated heterocycles. The molecule has 118 valence electrons. The normalized spacial score (nSPS) is 24.5. The van der Waals surface area contributed by atoms with E-state index in [4.69, 9.17) is 0 Å². The van der Waals surface area contributed by atoms with Crippen molar-refractivity contribution in [3.05, 3.63) is 0 Å². The second-order valence-corrected chi connectivity index (χ2v) is 5.88. The molecule has 0 aromatic heterocycles. The zero-order chi connectivity index (χ0) is 15.6. The van der Waals surface area contributed by atoms with Crippen LogP contribution in [-0.4, -0.2) is 64.5 Å². The number of piperazine rings is 1. The van der Waals surface area contributed by atoms with Crippen molar-refractivity contribution in [2.75, 3.05) is 19.6 Å². The summed E-state index contributed by atoms with van der Waals surface area (Å²) in [4.78, 5) is 38.6. The zero-order valence-electron chi connectivity index (χ0n) is 12.5. The molecule has 2 aliphatic rings. The van der Waals surface area contributed by atoms with Crippen LogP contribution in [-0.2, 0) is 9.59 Å². The number of hydrogen-bond acceptors (Lipinski definition) is 3. The van der Waals surface area contributed by atoms with E-state index in [-0.39, 0.29) is 23.9 Å². The smallest absolute Gasteiger partial charge is 0.326 e. The Morgan fingerprint density at radius 2 is 2.14 bits per heavy atom. The summed E-state index contributed by atoms with van der Waals surface area (Å²) in [7, 11) is 0. The van der Waals surface area contributed by atoms with Crippen LogP contribution in [0.4, 0.5) is 4.79 Å². The number of aliphatic carboxylic acids is 1. The molecular weight excluding hydrogens is 274 g/mol. The van der Waals surface area contributed by atoms with Gasteiger partial charge in [-0.25, -0.2) is 9.59 Å². The second kappa shape index (κ2) is 6.32. The number of urea groups is 1. The molecule has 2 heterocycles. The third-order valence-electron chi connectivity index (χ3n) is 4.54. The van der Waals surface area contributed by atoms with E-state index >= 15 is 0 Å². The third kappa shape index (κ3) is 3.28. The minimum absolute atomic E-state index is 0.0869. The van der Waals surface area contributed by atoms with Gasteiger partial charge in [0.15, 0.2) is 0 Å². The van der Waals surface area contributed by atoms with E-state index in [0.717, 1.165) is 6.42 Å². The van der Waals surface area contributed by atoms with E-state index in [1.807, 2.05) is 18.7 Å². The van der Waals surface area contributed by atoms with Crippen LogP contribution in [0.5, 0.6) is 0 Å². The molecule has 0 aromatic carbocycles. The first-order valence-corrected chi connectivity index (χ1v) is 7.51. The number of carbonyl (C=O) groups is 3. The van der Waals surface area contributed by atoms with E-state index in [2.05, 4.69) is 5.32 Å². The van der Waals surface area contributed by atoms with Gasteiger partial charge in [0.1, 0.15) is 6.04 Å². The maximum atomic E-state index is 12.3. The van der Waals surface area contributed by atoms with Crippen LogP contribution < -0.4 is 5.32 Å². The number of rotatable bonds is 4. The minimum Gasteiger partial charge on any atom is -0.480 e. The lowest BCUT2D eigenvalue weighted by atomic mass is 9.99. The van der Waals surface area contributed by atoms with Gasteiger partial charge in [-0.15, -0.1) is 0 Å². The van der Waals surface area contributed by atoms with Gasteiger partial charge in [-0.1, -0.05) is 20.3 Å². The maximum absolute atomic E-state index is 12.3. The largest absolute Gasteiger partial charge is 0.480 e. The van der Waals surface area contributed by atoms with Gasteiger partial charge in [-0.3, -0.25) is 4.79 Å². The van der Waals surface area contributed by atoms with Crippen LogP contribution in [0.2, 0.25) is 0 Å². The summed E-state index contributed by atoms with van der Waals surface area (Å²) in [5, 5.41) is 11.8. The quantitative estimate of drug-likeness (QED) is 0.791. The molecule has 3 atom stereocenters. The van der Waals surface area contributed by atoms with E-state index < -0.39 is 12.0 Å². The molecule has 0 bridgehead atoms. The van der Waals surface area contributed by atoms with Crippen LogP contribution in [0, 0.1) is 5.92 Å². The first-order valence-electron chi connectivity index (χ1n) is 7.51. The van der Waals surface area contributed by atoms with Gasteiger partial charge in [0.2, 0.25) is 5.91 Å². The molecule has 21 heavy (non-hydrogen) atoms. The highest BCUT2D eigenvalue weighted by Gasteiger charge is 2.37. The van der Waals surface area contributed by atoms with Gasteiger partial charge in [0.05, 0.1) is 0 Å². The average Bonchev–Trinajstić information content (AvgIpc) is 2.84. The number of hydrogen-bond donors (Lipinski definition) is 2. The van der Waals surface area contributed by atoms with E-state index in [0.29, 0.717) is 32.5 Å². The fourth-order valence-electron chi connectivity index (χ4n) is 2.96. The Morgan fingerprint density at radius 1 is 1.43 bits per heavy atom. The SMILES string of the molecule is CCC(C)[C@H](NC(=O)N1CCN2C(=O)CCC2C1)C(=O)O. The standard InChI is InChI=1S/C14H23N3O4/c1-3-9(2)12(13(19)20)15-14(21)16-6-7-17-10(8-16)4-5-11(17)18/h9-10,12H,3-8H2,1-2H3,(H,15,21)(H,19,20)/t9?,10?,12-/m0/s1. The predicted octanol–water partition coefficient (Wildman–Crippen LogP) is 0.502. The molecule has 3 amide bonds. The van der Waals surface area contributed by atoms with E-state index in [1.165, 1.54) is 0 Å². The Morgan fingerprint density at radius 3 is 2.76 bits per heavy atom. The molecule has 7 nitrogen and oxygen atoms in total. The number of nitrogens with zero attached hydrogens (tertiary/aromatic N) is 2. The topological polar surface area (TPSA) is 90.0 Å². The van der Waals surface area contributed by atoms with Crippen LogP contribution in [0.1, 0.15) is 33.1 Å². The van der Waals surface area contributed by atoms with E-state index in [1.54, 1.807) is 4.90 Å². The summed E-state index contributed by atoms with van der Waals surface area (Å²) in [5.41, 5.74) is 0. The summed E-state index contributed by atoms with van der Waals surface area (Å²) in [6.07, 6.45) is 2.00. The highest BCUT2D eigenvalue weighted by molar-refractivity contribution is 5.83. The summed E-state index contributed by atoms with van der Waals surface area (Å²) in [5.74, 6) is -0.976. The molecule has 7 heteroatoms. The highest BCUT2D eigenvalue weighted by Crippen LogP contribution is 2.23. The van der Waals surface area contributed by atoms with Crippen LogP contribution >= 0.6 is 0 Å². The number of nitrogens with one attached hydrogen (secondary N) is 1. The van der Waals surface area contributed by atoms with Gasteiger partial charge in [-0.2, -0.15) is 0 Å². The van der Waals surface area contributed by atoms with Gasteiger partial charge in [0, 0.05) is 32.1 Å². The van der Waals surface area contributed by atoms with E-state index in [9.17, 15) is 19.5 Å². The van der Waals surface area contributed by atoms with Gasteiger partial charge in [-0.05, 0) is 12.3 Å². The third-order valence-corrected chi connectivity index (χ3v) is 4.54. The monoisotopic (exact) mass is 297 g/mol. The van der Waals surface area contributed by atoms with Crippen molar-refractivity contribution in [2.24, 2.45) is 5.92 Å². The molecule has 0 saturated carbocycles. The van der Waals surface area contributed by atoms with Crippen molar-refractivity contribution in [3.63, 3.8) is 0 Å². The molecule has 0 radical (unpaired) electrons. The number of amides is 3. The number of carboxylic acid groups (broad SMARTS) is 1. The van der Waals surface area contributed by atoms with Gasteiger partial charge in [0.25, 0.3) is 0 Å². The average molecular weight is 297 g/mol. The van der Waals surface area contributed by atoms with Crippen molar-refractivity contribution in [1.82, 2.24) is 15.1 Å². The number of carbonyl (C=O) groups excluding carboxylic acids is 2. The van der Waals surface area contributed by atoms with Crippen molar-refractivity contribution in [2.45, 2.75) is 45.2 Å². The molecule has 0 aliphatic carbocycles. The Labute approximate surface area is 124 Å². The van der Waals surface area contributed by atoms with Crippen molar-refractivity contribution in [1.29, 1.82) is 0 Å². The Bertz CT molecular complexity index is 440. The fourth-order valence-corrected chi connectivity index (χ4v) is 2.96. The summed E-state index contributed by atoms with van der Waals surface area (Å²) >= 11 is 0. The van der Waals surface area contributed by atoms with Crippen molar-refractivity contribution in [3.8, 4) is 0 Å². The molecule has 2 unspecified atom stereocenters. The molecular formula is C14H23N3O4. The molecule has 2 rings (SSSR count). The van der Waals surface area contributed by atoms with Crippen LogP contribution in [0.3, 0.4) is 0 Å². The molecule has 2 fully saturated rings. The first kappa shape index (κ1) is 15.6. The van der Waals surface area contributed by atoms with Gasteiger partial charge >= 0.3 is 12.0 Å². The second-order valence-electron chi connectivity index (χ2n) is 5.88. The molecule has 2 aliphatic heterocycles. The predicted molar refractivity (Wildman–Crippen MR) is 75.7 cm³/mol. The van der Waals surface area contributed by atoms with Crippen molar-refractivity contribution < 1.29 is 19.5 Å². The molecule has 2 N–H and O–H groups in total. The van der Waals surface area contributed by atoms with Crippen LogP contribution in [0.15, 0.2) is 0 Å². The molecule has 0 aromatic rings. The van der Waals surface area contributed by atoms with Crippen molar-refractivity contribution >= 4 is 17.9 Å². The molecule has 0 spiro atoms. The summed E-state index contributed by atoms with van der Waals surface area (Å²) in [6.45, 7) is 5.20. The lowest BCUT2D eigenvalue weighted by molar-refractivity contribution is -0.140. The summed E-state index contributed by atoms with van der Waals surface area (Å²) < 4.78 is 0. The minimum atomic E-state index is -1.01.